The van der Waals surface area contributed by atoms with Gasteiger partial charge in [-0.3, -0.25) is 10.1 Å². The summed E-state index contributed by atoms with van der Waals surface area (Å²) < 4.78 is 27.1. The monoisotopic (exact) mass is 336 g/mol. The lowest BCUT2D eigenvalue weighted by Crippen LogP contribution is -2.38. The van der Waals surface area contributed by atoms with Crippen LogP contribution in [-0.4, -0.2) is 64.4 Å². The fraction of sp³-hybridized carbons (Fsp3) is 0.500. The first-order valence-corrected chi connectivity index (χ1v) is 8.84. The Morgan fingerprint density at radius 3 is 2.87 bits per heavy atom. The molecule has 1 saturated heterocycles. The van der Waals surface area contributed by atoms with Gasteiger partial charge >= 0.3 is 0 Å². The molecule has 1 aliphatic heterocycles. The zero-order valence-corrected chi connectivity index (χ0v) is 14.0. The van der Waals surface area contributed by atoms with Crippen molar-refractivity contribution >= 4 is 10.2 Å². The third kappa shape index (κ3) is 3.41. The molecule has 23 heavy (non-hydrogen) atoms. The van der Waals surface area contributed by atoms with E-state index in [9.17, 15) is 8.42 Å². The lowest BCUT2D eigenvalue weighted by Gasteiger charge is -2.20. The minimum Gasteiger partial charge on any atom is -0.285 e. The Labute approximate surface area is 135 Å². The van der Waals surface area contributed by atoms with Crippen LogP contribution in [-0.2, 0) is 16.6 Å². The Morgan fingerprint density at radius 1 is 1.35 bits per heavy atom. The van der Waals surface area contributed by atoms with Crippen LogP contribution in [0.1, 0.15) is 12.1 Å². The van der Waals surface area contributed by atoms with Crippen LogP contribution >= 0.6 is 0 Å². The highest BCUT2D eigenvalue weighted by molar-refractivity contribution is 7.86. The average Bonchev–Trinajstić information content (AvgIpc) is 3.19. The molecule has 0 aromatic carbocycles. The van der Waals surface area contributed by atoms with Gasteiger partial charge in [-0.1, -0.05) is 0 Å². The van der Waals surface area contributed by atoms with Crippen molar-refractivity contribution in [1.82, 2.24) is 28.8 Å². The second-order valence-electron chi connectivity index (χ2n) is 5.89. The van der Waals surface area contributed by atoms with Gasteiger partial charge in [0.25, 0.3) is 10.2 Å². The van der Waals surface area contributed by atoms with E-state index in [0.717, 1.165) is 29.8 Å². The van der Waals surface area contributed by atoms with Gasteiger partial charge in [-0.25, -0.2) is 4.98 Å². The summed E-state index contributed by atoms with van der Waals surface area (Å²) in [6.07, 6.45) is 8.48. The summed E-state index contributed by atoms with van der Waals surface area (Å²) in [7, 11) is -0.211. The maximum Gasteiger partial charge on any atom is 0.281 e. The van der Waals surface area contributed by atoms with E-state index >= 15 is 0 Å². The molecule has 0 radical (unpaired) electrons. The molecule has 2 aromatic heterocycles. The number of aromatic amines is 1. The Balaban J connectivity index is 1.68. The summed E-state index contributed by atoms with van der Waals surface area (Å²) in [5, 5.41) is 6.67. The molecule has 2 aromatic rings. The molecule has 0 aliphatic carbocycles. The summed E-state index contributed by atoms with van der Waals surface area (Å²) in [4.78, 5) is 8.83. The van der Waals surface area contributed by atoms with Crippen molar-refractivity contribution in [1.29, 1.82) is 0 Å². The summed E-state index contributed by atoms with van der Waals surface area (Å²) in [6.45, 7) is 1.08. The summed E-state index contributed by atoms with van der Waals surface area (Å²) in [6, 6.07) is 0. The van der Waals surface area contributed by atoms with Crippen molar-refractivity contribution in [3.05, 3.63) is 30.5 Å². The maximum atomic E-state index is 12.2. The summed E-state index contributed by atoms with van der Waals surface area (Å²) >= 11 is 0. The Hall–Kier alpha value is -1.84. The lowest BCUT2D eigenvalue weighted by molar-refractivity contribution is 0.409. The average molecular weight is 336 g/mol. The molecule has 1 fully saturated rings. The van der Waals surface area contributed by atoms with Crippen LogP contribution in [0.5, 0.6) is 0 Å². The van der Waals surface area contributed by atoms with Gasteiger partial charge in [0.2, 0.25) is 0 Å². The van der Waals surface area contributed by atoms with Crippen molar-refractivity contribution in [3.8, 4) is 11.3 Å². The Morgan fingerprint density at radius 2 is 2.17 bits per heavy atom. The molecule has 8 nitrogen and oxygen atoms in total. The largest absolute Gasteiger partial charge is 0.285 e. The molecule has 0 spiro atoms. The van der Waals surface area contributed by atoms with Crippen LogP contribution < -0.4 is 0 Å². The van der Waals surface area contributed by atoms with E-state index in [-0.39, 0.29) is 5.92 Å². The first-order valence-electron chi connectivity index (χ1n) is 7.44. The van der Waals surface area contributed by atoms with Gasteiger partial charge in [0.1, 0.15) is 0 Å². The number of nitrogens with one attached hydrogen (secondary N) is 1. The molecule has 1 atom stereocenters. The van der Waals surface area contributed by atoms with E-state index in [4.69, 9.17) is 0 Å². The highest BCUT2D eigenvalue weighted by Crippen LogP contribution is 2.24. The zero-order valence-electron chi connectivity index (χ0n) is 13.2. The van der Waals surface area contributed by atoms with Gasteiger partial charge in [-0.05, 0) is 18.8 Å². The normalized spacial score (nSPS) is 19.5. The van der Waals surface area contributed by atoms with Gasteiger partial charge in [0.15, 0.2) is 0 Å². The Kier molecular flexibility index (Phi) is 4.42. The molecule has 3 rings (SSSR count). The second kappa shape index (κ2) is 6.34. The fourth-order valence-electron chi connectivity index (χ4n) is 2.73. The quantitative estimate of drug-likeness (QED) is 0.860. The van der Waals surface area contributed by atoms with E-state index < -0.39 is 10.2 Å². The van der Waals surface area contributed by atoms with Gasteiger partial charge in [-0.15, -0.1) is 0 Å². The van der Waals surface area contributed by atoms with Crippen molar-refractivity contribution < 1.29 is 8.42 Å². The SMILES string of the molecule is CN(C)S(=O)(=O)N1CCC(Cc2cncc(-c3cn[nH]c3)n2)C1. The van der Waals surface area contributed by atoms with Crippen molar-refractivity contribution in [2.24, 2.45) is 5.92 Å². The third-order valence-electron chi connectivity index (χ3n) is 4.01. The molecular weight excluding hydrogens is 316 g/mol. The van der Waals surface area contributed by atoms with E-state index in [0.29, 0.717) is 13.1 Å². The van der Waals surface area contributed by atoms with Gasteiger partial charge in [0, 0.05) is 45.1 Å². The smallest absolute Gasteiger partial charge is 0.281 e. The molecule has 1 aliphatic rings. The summed E-state index contributed by atoms with van der Waals surface area (Å²) in [5.41, 5.74) is 2.53. The Bertz CT molecular complexity index is 759. The highest BCUT2D eigenvalue weighted by Gasteiger charge is 2.32. The molecule has 9 heteroatoms. The van der Waals surface area contributed by atoms with Crippen LogP contribution in [0.3, 0.4) is 0 Å². The van der Waals surface area contributed by atoms with Crippen molar-refractivity contribution in [2.75, 3.05) is 27.2 Å². The lowest BCUT2D eigenvalue weighted by atomic mass is 10.0. The number of hydrogen-bond donors (Lipinski definition) is 1. The van der Waals surface area contributed by atoms with E-state index in [1.807, 2.05) is 0 Å². The van der Waals surface area contributed by atoms with Crippen LogP contribution in [0.15, 0.2) is 24.8 Å². The molecule has 1 unspecified atom stereocenters. The standard InChI is InChI=1S/C14H20N6O2S/c1-19(2)23(21,22)20-4-3-11(10-20)5-13-8-15-9-14(18-13)12-6-16-17-7-12/h6-9,11H,3-5,10H2,1-2H3,(H,16,17). The van der Waals surface area contributed by atoms with Crippen LogP contribution in [0.2, 0.25) is 0 Å². The molecule has 0 bridgehead atoms. The topological polar surface area (TPSA) is 95.1 Å². The molecule has 3 heterocycles. The molecule has 124 valence electrons. The number of H-pyrrole nitrogens is 1. The fourth-order valence-corrected chi connectivity index (χ4v) is 3.93. The molecule has 0 saturated carbocycles. The molecule has 1 N–H and O–H groups in total. The highest BCUT2D eigenvalue weighted by atomic mass is 32.2. The molecule has 0 amide bonds. The van der Waals surface area contributed by atoms with Gasteiger partial charge < -0.3 is 0 Å². The van der Waals surface area contributed by atoms with Gasteiger partial charge in [-0.2, -0.15) is 22.1 Å². The number of rotatable bonds is 5. The van der Waals surface area contributed by atoms with Crippen molar-refractivity contribution in [2.45, 2.75) is 12.8 Å². The van der Waals surface area contributed by atoms with Crippen LogP contribution in [0.25, 0.3) is 11.3 Å². The predicted molar refractivity (Wildman–Crippen MR) is 85.6 cm³/mol. The van der Waals surface area contributed by atoms with Crippen LogP contribution in [0.4, 0.5) is 0 Å². The second-order valence-corrected chi connectivity index (χ2v) is 8.03. The maximum absolute atomic E-state index is 12.2. The van der Waals surface area contributed by atoms with Gasteiger partial charge in [0.05, 0.1) is 23.8 Å². The zero-order chi connectivity index (χ0) is 16.4. The first-order chi connectivity index (χ1) is 11.0. The number of nitrogens with zero attached hydrogens (tertiary/aromatic N) is 5. The van der Waals surface area contributed by atoms with Crippen molar-refractivity contribution in [3.63, 3.8) is 0 Å². The predicted octanol–water partition coefficient (Wildman–Crippen LogP) is 0.538. The van der Waals surface area contributed by atoms with E-state index in [1.165, 1.54) is 8.61 Å². The third-order valence-corrected chi connectivity index (χ3v) is 5.92. The first kappa shape index (κ1) is 16.0. The molecular formula is C14H20N6O2S. The number of aromatic nitrogens is 4. The minimum absolute atomic E-state index is 0.263. The van der Waals surface area contributed by atoms with E-state index in [2.05, 4.69) is 20.2 Å². The van der Waals surface area contributed by atoms with E-state index in [1.54, 1.807) is 38.9 Å². The summed E-state index contributed by atoms with van der Waals surface area (Å²) in [5.74, 6) is 0.263. The number of hydrogen-bond acceptors (Lipinski definition) is 5. The minimum atomic E-state index is -3.33. The van der Waals surface area contributed by atoms with Crippen LogP contribution in [0, 0.1) is 5.92 Å².